The van der Waals surface area contributed by atoms with Crippen LogP contribution in [0.5, 0.6) is 0 Å². The van der Waals surface area contributed by atoms with Crippen molar-refractivity contribution in [2.45, 2.75) is 4.90 Å². The third-order valence-electron chi connectivity index (χ3n) is 4.00. The van der Waals surface area contributed by atoms with Crippen LogP contribution < -0.4 is 5.32 Å². The van der Waals surface area contributed by atoms with Crippen LogP contribution >= 0.6 is 11.6 Å². The molecule has 0 saturated heterocycles. The number of hydrogen-bond acceptors (Lipinski definition) is 3. The molecule has 3 aromatic rings. The van der Waals surface area contributed by atoms with Crippen molar-refractivity contribution in [1.82, 2.24) is 4.31 Å². The highest BCUT2D eigenvalue weighted by molar-refractivity contribution is 7.89. The SMILES string of the molecule is CN(CC(=O)Nc1ccc(Cl)cc1F)S(=O)(=O)c1ccc2ccccc2c1. The molecule has 8 heteroatoms. The number of nitrogens with one attached hydrogen (secondary N) is 1. The lowest BCUT2D eigenvalue weighted by molar-refractivity contribution is -0.116. The number of sulfonamides is 1. The fourth-order valence-electron chi connectivity index (χ4n) is 2.58. The molecule has 0 spiro atoms. The van der Waals surface area contributed by atoms with Crippen molar-refractivity contribution in [3.05, 3.63) is 71.5 Å². The largest absolute Gasteiger partial charge is 0.322 e. The van der Waals surface area contributed by atoms with Gasteiger partial charge in [0.1, 0.15) is 5.82 Å². The van der Waals surface area contributed by atoms with Crippen molar-refractivity contribution in [1.29, 1.82) is 0 Å². The molecule has 3 aromatic carbocycles. The van der Waals surface area contributed by atoms with Crippen LogP contribution in [0.3, 0.4) is 0 Å². The van der Waals surface area contributed by atoms with Crippen LogP contribution in [0.15, 0.2) is 65.6 Å². The maximum Gasteiger partial charge on any atom is 0.243 e. The maximum atomic E-state index is 13.8. The Morgan fingerprint density at radius 3 is 2.48 bits per heavy atom. The molecule has 3 rings (SSSR count). The second-order valence-electron chi connectivity index (χ2n) is 5.94. The van der Waals surface area contributed by atoms with Crippen LogP contribution in [0.1, 0.15) is 0 Å². The molecule has 0 aromatic heterocycles. The Hall–Kier alpha value is -2.48. The van der Waals surface area contributed by atoms with Crippen molar-refractivity contribution in [3.8, 4) is 0 Å². The van der Waals surface area contributed by atoms with E-state index in [4.69, 9.17) is 11.6 Å². The van der Waals surface area contributed by atoms with Crippen LogP contribution in [-0.2, 0) is 14.8 Å². The molecular weight excluding hydrogens is 391 g/mol. The molecule has 0 radical (unpaired) electrons. The Kier molecular flexibility index (Phi) is 5.46. The zero-order chi connectivity index (χ0) is 19.6. The van der Waals surface area contributed by atoms with Crippen molar-refractivity contribution < 1.29 is 17.6 Å². The van der Waals surface area contributed by atoms with Gasteiger partial charge in [-0.1, -0.05) is 41.9 Å². The Labute approximate surface area is 161 Å². The number of nitrogens with zero attached hydrogens (tertiary/aromatic N) is 1. The quantitative estimate of drug-likeness (QED) is 0.699. The molecule has 0 heterocycles. The fraction of sp³-hybridized carbons (Fsp3) is 0.105. The zero-order valence-electron chi connectivity index (χ0n) is 14.3. The second-order valence-corrected chi connectivity index (χ2v) is 8.42. The second kappa shape index (κ2) is 7.64. The number of rotatable bonds is 5. The Balaban J connectivity index is 1.76. The van der Waals surface area contributed by atoms with Crippen molar-refractivity contribution in [3.63, 3.8) is 0 Å². The first-order valence-corrected chi connectivity index (χ1v) is 9.79. The molecule has 1 amide bonds. The number of fused-ring (bicyclic) bond motifs is 1. The third kappa shape index (κ3) is 4.27. The van der Waals surface area contributed by atoms with Gasteiger partial charge in [0.15, 0.2) is 0 Å². The van der Waals surface area contributed by atoms with Crippen LogP contribution in [0.2, 0.25) is 5.02 Å². The molecule has 0 atom stereocenters. The van der Waals surface area contributed by atoms with Crippen LogP contribution in [0.4, 0.5) is 10.1 Å². The number of halogens is 2. The lowest BCUT2D eigenvalue weighted by Crippen LogP contribution is -2.35. The molecule has 140 valence electrons. The summed E-state index contributed by atoms with van der Waals surface area (Å²) in [7, 11) is -2.58. The van der Waals surface area contributed by atoms with Gasteiger partial charge in [0, 0.05) is 12.1 Å². The minimum absolute atomic E-state index is 0.0686. The standard InChI is InChI=1S/C19H16ClFN2O3S/c1-23(12-19(24)22-18-9-7-15(20)11-17(18)21)27(25,26)16-8-6-13-4-2-3-5-14(13)10-16/h2-11H,12H2,1H3,(H,22,24). The van der Waals surface area contributed by atoms with Crippen LogP contribution in [-0.4, -0.2) is 32.2 Å². The Morgan fingerprint density at radius 2 is 1.78 bits per heavy atom. The van der Waals surface area contributed by atoms with E-state index in [2.05, 4.69) is 5.32 Å². The number of carbonyl (C=O) groups is 1. The van der Waals surface area contributed by atoms with E-state index in [9.17, 15) is 17.6 Å². The summed E-state index contributed by atoms with van der Waals surface area (Å²) >= 11 is 5.67. The van der Waals surface area contributed by atoms with Gasteiger partial charge in [0.25, 0.3) is 0 Å². The molecule has 0 unspecified atom stereocenters. The number of likely N-dealkylation sites (N-methyl/N-ethyl adjacent to an activating group) is 1. The highest BCUT2D eigenvalue weighted by atomic mass is 35.5. The molecule has 0 saturated carbocycles. The summed E-state index contributed by atoms with van der Waals surface area (Å²) in [5.41, 5.74) is -0.0686. The molecule has 5 nitrogen and oxygen atoms in total. The molecular formula is C19H16ClFN2O3S. The molecule has 0 aliphatic heterocycles. The van der Waals surface area contributed by atoms with Gasteiger partial charge in [0.05, 0.1) is 17.1 Å². The minimum atomic E-state index is -3.88. The summed E-state index contributed by atoms with van der Waals surface area (Å²) in [6, 6.07) is 15.9. The van der Waals surface area contributed by atoms with Crippen molar-refractivity contribution in [2.24, 2.45) is 0 Å². The van der Waals surface area contributed by atoms with Crippen LogP contribution in [0.25, 0.3) is 10.8 Å². The average molecular weight is 407 g/mol. The van der Waals surface area contributed by atoms with E-state index in [-0.39, 0.29) is 15.6 Å². The average Bonchev–Trinajstić information content (AvgIpc) is 2.63. The summed E-state index contributed by atoms with van der Waals surface area (Å²) in [6.07, 6.45) is 0. The van der Waals surface area contributed by atoms with Gasteiger partial charge in [-0.2, -0.15) is 4.31 Å². The lowest BCUT2D eigenvalue weighted by atomic mass is 10.1. The Bertz CT molecular complexity index is 1120. The summed E-state index contributed by atoms with van der Waals surface area (Å²) < 4.78 is 40.1. The van der Waals surface area contributed by atoms with Gasteiger partial charge in [-0.05, 0) is 41.1 Å². The fourth-order valence-corrected chi connectivity index (χ4v) is 3.90. The van der Waals surface area contributed by atoms with Gasteiger partial charge >= 0.3 is 0 Å². The van der Waals surface area contributed by atoms with Gasteiger partial charge in [0.2, 0.25) is 15.9 Å². The molecule has 0 aliphatic carbocycles. The summed E-state index contributed by atoms with van der Waals surface area (Å²) in [6.45, 7) is -0.461. The van der Waals surface area contributed by atoms with E-state index in [1.54, 1.807) is 12.1 Å². The van der Waals surface area contributed by atoms with E-state index in [0.29, 0.717) is 0 Å². The first-order chi connectivity index (χ1) is 12.8. The van der Waals surface area contributed by atoms with E-state index in [1.807, 2.05) is 24.3 Å². The number of hydrogen-bond donors (Lipinski definition) is 1. The first-order valence-electron chi connectivity index (χ1n) is 7.97. The predicted molar refractivity (Wildman–Crippen MR) is 104 cm³/mol. The smallest absolute Gasteiger partial charge is 0.243 e. The number of carbonyl (C=O) groups excluding carboxylic acids is 1. The summed E-state index contributed by atoms with van der Waals surface area (Å²) in [5, 5.41) is 4.23. The van der Waals surface area contributed by atoms with E-state index >= 15 is 0 Å². The predicted octanol–water partition coefficient (Wildman–Crippen LogP) is 3.89. The van der Waals surface area contributed by atoms with Crippen LogP contribution in [0, 0.1) is 5.82 Å². The third-order valence-corrected chi connectivity index (χ3v) is 6.04. The number of benzene rings is 3. The highest BCUT2D eigenvalue weighted by Crippen LogP contribution is 2.22. The number of amides is 1. The Morgan fingerprint density at radius 1 is 1.07 bits per heavy atom. The molecule has 0 bridgehead atoms. The van der Waals surface area contributed by atoms with Gasteiger partial charge in [-0.3, -0.25) is 4.79 Å². The van der Waals surface area contributed by atoms with Crippen molar-refractivity contribution >= 4 is 44.0 Å². The normalized spacial score (nSPS) is 11.7. The minimum Gasteiger partial charge on any atom is -0.322 e. The van der Waals surface area contributed by atoms with Gasteiger partial charge in [-0.15, -0.1) is 0 Å². The highest BCUT2D eigenvalue weighted by Gasteiger charge is 2.23. The van der Waals surface area contributed by atoms with Crippen molar-refractivity contribution in [2.75, 3.05) is 18.9 Å². The zero-order valence-corrected chi connectivity index (χ0v) is 15.9. The van der Waals surface area contributed by atoms with Gasteiger partial charge in [-0.25, -0.2) is 12.8 Å². The van der Waals surface area contributed by atoms with E-state index < -0.39 is 28.3 Å². The molecule has 1 N–H and O–H groups in total. The monoisotopic (exact) mass is 406 g/mol. The molecule has 27 heavy (non-hydrogen) atoms. The summed E-state index contributed by atoms with van der Waals surface area (Å²) in [5.74, 6) is -1.36. The summed E-state index contributed by atoms with van der Waals surface area (Å²) in [4.78, 5) is 12.2. The molecule has 0 fully saturated rings. The number of anilines is 1. The topological polar surface area (TPSA) is 66.5 Å². The van der Waals surface area contributed by atoms with E-state index in [1.165, 1.54) is 25.2 Å². The van der Waals surface area contributed by atoms with Gasteiger partial charge < -0.3 is 5.32 Å². The maximum absolute atomic E-state index is 13.8. The lowest BCUT2D eigenvalue weighted by Gasteiger charge is -2.17. The van der Waals surface area contributed by atoms with E-state index in [0.717, 1.165) is 21.1 Å². The first kappa shape index (κ1) is 19.3. The molecule has 0 aliphatic rings.